The van der Waals surface area contributed by atoms with Gasteiger partial charge in [-0.05, 0) is 11.6 Å². The Labute approximate surface area is 101 Å². The first kappa shape index (κ1) is 14.2. The van der Waals surface area contributed by atoms with Crippen molar-refractivity contribution in [3.05, 3.63) is 33.1 Å². The Hall–Kier alpha value is -1.90. The quantitative estimate of drug-likeness (QED) is 0.281. The van der Waals surface area contributed by atoms with Crippen LogP contribution in [0.3, 0.4) is 0 Å². The summed E-state index contributed by atoms with van der Waals surface area (Å²) < 4.78 is 55.5. The summed E-state index contributed by atoms with van der Waals surface area (Å²) in [6, 6.07) is 0. The number of nitro benzene ring substituents is 1. The van der Waals surface area contributed by atoms with Crippen molar-refractivity contribution in [1.29, 1.82) is 0 Å². The summed E-state index contributed by atoms with van der Waals surface area (Å²) in [5, 5.41) is 8.68. The van der Waals surface area contributed by atoms with Gasteiger partial charge in [-0.25, -0.2) is 8.78 Å². The lowest BCUT2D eigenvalue weighted by Crippen LogP contribution is -2.10. The number of halogens is 5. The van der Waals surface area contributed by atoms with E-state index in [1.165, 1.54) is 0 Å². The Balaban J connectivity index is 3.76. The summed E-state index contributed by atoms with van der Waals surface area (Å²) in [5.41, 5.74) is -3.32. The molecule has 0 aliphatic rings. The predicted octanol–water partition coefficient (Wildman–Crippen LogP) is 2.70. The van der Waals surface area contributed by atoms with E-state index in [2.05, 4.69) is 4.74 Å². The monoisotopic (exact) mass is 287 g/mol. The summed E-state index contributed by atoms with van der Waals surface area (Å²) in [6.45, 7) is -1.74. The number of benzene rings is 1. The average molecular weight is 288 g/mol. The zero-order valence-electron chi connectivity index (χ0n) is 8.18. The van der Waals surface area contributed by atoms with E-state index in [0.717, 1.165) is 0 Å². The van der Waals surface area contributed by atoms with Gasteiger partial charge in [0.15, 0.2) is 17.1 Å². The maximum atomic E-state index is 13.5. The smallest absolute Gasteiger partial charge is 0.323 e. The van der Waals surface area contributed by atoms with Gasteiger partial charge in [0.2, 0.25) is 18.5 Å². The largest absolute Gasteiger partial charge is 0.457 e. The Morgan fingerprint density at radius 3 is 2.22 bits per heavy atom. The second-order valence-corrected chi connectivity index (χ2v) is 3.12. The van der Waals surface area contributed by atoms with Crippen LogP contribution in [0.1, 0.15) is 10.4 Å². The first-order chi connectivity index (χ1) is 8.32. The maximum absolute atomic E-state index is 13.5. The molecule has 0 aliphatic carbocycles. The van der Waals surface area contributed by atoms with Crippen molar-refractivity contribution in [2.75, 3.05) is 6.86 Å². The fraction of sp³-hybridized carbons (Fsp3) is 0.125. The molecule has 0 amide bonds. The van der Waals surface area contributed by atoms with Gasteiger partial charge < -0.3 is 4.74 Å². The van der Waals surface area contributed by atoms with Gasteiger partial charge in [0.25, 0.3) is 5.24 Å². The summed E-state index contributed by atoms with van der Waals surface area (Å²) >= 11 is 4.83. The van der Waals surface area contributed by atoms with Crippen LogP contribution >= 0.6 is 11.6 Å². The molecule has 1 rings (SSSR count). The molecule has 0 aliphatic heterocycles. The Morgan fingerprint density at radius 2 is 1.83 bits per heavy atom. The standard InChI is InChI=1S/C8H2ClF4NO4/c9-8(15)2-3(11)7(18-1-10)5(13)4(12)6(2)14(16)17/h1H2. The molecule has 0 fully saturated rings. The molecule has 0 spiro atoms. The lowest BCUT2D eigenvalue weighted by atomic mass is 10.1. The molecule has 1 aromatic rings. The van der Waals surface area contributed by atoms with Gasteiger partial charge in [-0.3, -0.25) is 14.9 Å². The van der Waals surface area contributed by atoms with Gasteiger partial charge in [-0.1, -0.05) is 0 Å². The molecule has 18 heavy (non-hydrogen) atoms. The van der Waals surface area contributed by atoms with Gasteiger partial charge in [-0.15, -0.1) is 0 Å². The van der Waals surface area contributed by atoms with E-state index in [1.54, 1.807) is 0 Å². The first-order valence-electron chi connectivity index (χ1n) is 4.06. The van der Waals surface area contributed by atoms with Gasteiger partial charge in [0.1, 0.15) is 0 Å². The number of carbonyl (C=O) groups is 1. The minimum Gasteiger partial charge on any atom is -0.457 e. The second-order valence-electron chi connectivity index (χ2n) is 2.78. The number of hydrogen-bond acceptors (Lipinski definition) is 4. The Kier molecular flexibility index (Phi) is 4.07. The SMILES string of the molecule is O=C(Cl)c1c(F)c(OCF)c(F)c(F)c1[N+](=O)[O-]. The average Bonchev–Trinajstić information content (AvgIpc) is 2.27. The van der Waals surface area contributed by atoms with Crippen molar-refractivity contribution in [2.24, 2.45) is 0 Å². The van der Waals surface area contributed by atoms with Crippen molar-refractivity contribution < 1.29 is 32.0 Å². The molecule has 0 unspecified atom stereocenters. The molecule has 0 radical (unpaired) electrons. The van der Waals surface area contributed by atoms with E-state index in [9.17, 15) is 32.5 Å². The van der Waals surface area contributed by atoms with Crippen molar-refractivity contribution >= 4 is 22.5 Å². The zero-order chi connectivity index (χ0) is 14.0. The third kappa shape index (κ3) is 2.21. The number of nitrogens with zero attached hydrogens (tertiary/aromatic N) is 1. The van der Waals surface area contributed by atoms with E-state index >= 15 is 0 Å². The fourth-order valence-corrected chi connectivity index (χ4v) is 1.33. The van der Waals surface area contributed by atoms with E-state index < -0.39 is 51.5 Å². The number of carbonyl (C=O) groups excluding carboxylic acids is 1. The molecule has 0 N–H and O–H groups in total. The first-order valence-corrected chi connectivity index (χ1v) is 4.44. The molecule has 0 saturated carbocycles. The summed E-state index contributed by atoms with van der Waals surface area (Å²) in [5.74, 6) is -7.84. The molecule has 10 heteroatoms. The number of hydrogen-bond donors (Lipinski definition) is 0. The van der Waals surface area contributed by atoms with Crippen LogP contribution in [0.4, 0.5) is 23.2 Å². The molecule has 0 saturated heterocycles. The van der Waals surface area contributed by atoms with E-state index in [4.69, 9.17) is 11.6 Å². The Morgan fingerprint density at radius 1 is 1.28 bits per heavy atom. The topological polar surface area (TPSA) is 69.4 Å². The molecule has 0 atom stereocenters. The van der Waals surface area contributed by atoms with Gasteiger partial charge in [-0.2, -0.15) is 8.78 Å². The van der Waals surface area contributed by atoms with Gasteiger partial charge in [0, 0.05) is 0 Å². The Bertz CT molecular complexity index is 537. The molecular formula is C8H2ClF4NO4. The van der Waals surface area contributed by atoms with Crippen LogP contribution in [0.2, 0.25) is 0 Å². The van der Waals surface area contributed by atoms with Crippen LogP contribution in [0, 0.1) is 27.6 Å². The molecule has 1 aromatic carbocycles. The summed E-state index contributed by atoms with van der Waals surface area (Å²) in [6.07, 6.45) is 0. The molecule has 0 bridgehead atoms. The highest BCUT2D eigenvalue weighted by Crippen LogP contribution is 2.36. The highest BCUT2D eigenvalue weighted by molar-refractivity contribution is 6.68. The number of ether oxygens (including phenoxy) is 1. The van der Waals surface area contributed by atoms with Crippen molar-refractivity contribution in [3.63, 3.8) is 0 Å². The highest BCUT2D eigenvalue weighted by Gasteiger charge is 2.36. The zero-order valence-corrected chi connectivity index (χ0v) is 8.93. The molecule has 0 aromatic heterocycles. The lowest BCUT2D eigenvalue weighted by molar-refractivity contribution is -0.388. The van der Waals surface area contributed by atoms with Crippen LogP contribution in [0.5, 0.6) is 5.75 Å². The van der Waals surface area contributed by atoms with Crippen molar-refractivity contribution in [2.45, 2.75) is 0 Å². The number of rotatable bonds is 4. The number of nitro groups is 1. The molecule has 98 valence electrons. The van der Waals surface area contributed by atoms with Crippen molar-refractivity contribution in [1.82, 2.24) is 0 Å². The van der Waals surface area contributed by atoms with E-state index in [1.807, 2.05) is 0 Å². The highest BCUT2D eigenvalue weighted by atomic mass is 35.5. The third-order valence-electron chi connectivity index (χ3n) is 1.83. The fourth-order valence-electron chi connectivity index (χ4n) is 1.16. The summed E-state index contributed by atoms with van der Waals surface area (Å²) in [4.78, 5) is 19.7. The minimum absolute atomic E-state index is 1.53. The maximum Gasteiger partial charge on any atom is 0.323 e. The third-order valence-corrected chi connectivity index (χ3v) is 2.02. The second kappa shape index (κ2) is 5.17. The van der Waals surface area contributed by atoms with Gasteiger partial charge >= 0.3 is 5.69 Å². The van der Waals surface area contributed by atoms with E-state index in [0.29, 0.717) is 0 Å². The number of alkyl halides is 1. The molecular weight excluding hydrogens is 286 g/mol. The van der Waals surface area contributed by atoms with Crippen LogP contribution in [0.15, 0.2) is 0 Å². The van der Waals surface area contributed by atoms with E-state index in [-0.39, 0.29) is 0 Å². The lowest BCUT2D eigenvalue weighted by Gasteiger charge is -2.08. The predicted molar refractivity (Wildman–Crippen MR) is 49.8 cm³/mol. The van der Waals surface area contributed by atoms with Crippen LogP contribution in [-0.4, -0.2) is 17.0 Å². The molecule has 5 nitrogen and oxygen atoms in total. The minimum atomic E-state index is -2.17. The van der Waals surface area contributed by atoms with Crippen LogP contribution in [-0.2, 0) is 0 Å². The van der Waals surface area contributed by atoms with Crippen molar-refractivity contribution in [3.8, 4) is 5.75 Å². The molecule has 0 heterocycles. The van der Waals surface area contributed by atoms with Crippen LogP contribution < -0.4 is 4.74 Å². The van der Waals surface area contributed by atoms with Crippen LogP contribution in [0.25, 0.3) is 0 Å². The normalized spacial score (nSPS) is 10.3. The van der Waals surface area contributed by atoms with Gasteiger partial charge in [0.05, 0.1) is 4.92 Å². The summed E-state index contributed by atoms with van der Waals surface area (Å²) in [7, 11) is 0.